The number of carbonyl (C=O) groups excluding carboxylic acids is 1. The molecule has 0 aliphatic carbocycles. The second-order valence-corrected chi connectivity index (χ2v) is 5.74. The Hall–Kier alpha value is -1.75. The van der Waals surface area contributed by atoms with Gasteiger partial charge in [-0.15, -0.1) is 0 Å². The second kappa shape index (κ2) is 10.1. The number of nitrogens with one attached hydrogen (secondary N) is 3. The number of nitrogens with zero attached hydrogens (tertiary/aromatic N) is 1. The van der Waals surface area contributed by atoms with Crippen LogP contribution in [0.1, 0.15) is 31.1 Å². The third kappa shape index (κ3) is 7.31. The van der Waals surface area contributed by atoms with Crippen LogP contribution < -0.4 is 16.0 Å². The van der Waals surface area contributed by atoms with Crippen LogP contribution in [0, 0.1) is 5.92 Å². The van der Waals surface area contributed by atoms with Crippen LogP contribution in [0.4, 0.5) is 0 Å². The number of carbonyl (C=O) groups is 1. The average Bonchev–Trinajstić information content (AvgIpc) is 2.49. The Morgan fingerprint density at radius 2 is 1.77 bits per heavy atom. The van der Waals surface area contributed by atoms with E-state index in [1.807, 2.05) is 6.92 Å². The number of hydrogen-bond acceptors (Lipinski definition) is 2. The van der Waals surface area contributed by atoms with Crippen molar-refractivity contribution in [3.8, 4) is 0 Å². The molecule has 122 valence electrons. The summed E-state index contributed by atoms with van der Waals surface area (Å²) in [6.45, 7) is 8.98. The van der Waals surface area contributed by atoms with Crippen LogP contribution >= 0.6 is 11.6 Å². The van der Waals surface area contributed by atoms with E-state index in [0.717, 1.165) is 19.0 Å². The Morgan fingerprint density at radius 3 is 2.36 bits per heavy atom. The molecule has 0 radical (unpaired) electrons. The van der Waals surface area contributed by atoms with Crippen molar-refractivity contribution in [3.05, 3.63) is 34.9 Å². The maximum absolute atomic E-state index is 11.9. The predicted octanol–water partition coefficient (Wildman–Crippen LogP) is 2.28. The van der Waals surface area contributed by atoms with Crippen LogP contribution in [0.25, 0.3) is 0 Å². The summed E-state index contributed by atoms with van der Waals surface area (Å²) in [7, 11) is 0. The lowest BCUT2D eigenvalue weighted by atomic mass is 10.2. The fourth-order valence-electron chi connectivity index (χ4n) is 1.68. The van der Waals surface area contributed by atoms with Crippen LogP contribution in [-0.4, -0.2) is 38.0 Å². The van der Waals surface area contributed by atoms with Crippen molar-refractivity contribution in [2.45, 2.75) is 20.8 Å². The molecule has 3 N–H and O–H groups in total. The van der Waals surface area contributed by atoms with Gasteiger partial charge in [-0.1, -0.05) is 25.4 Å². The van der Waals surface area contributed by atoms with Crippen LogP contribution in [0.15, 0.2) is 29.3 Å². The van der Waals surface area contributed by atoms with Crippen molar-refractivity contribution in [3.63, 3.8) is 0 Å². The molecule has 0 aromatic heterocycles. The molecule has 0 saturated heterocycles. The average molecular weight is 325 g/mol. The zero-order valence-electron chi connectivity index (χ0n) is 13.4. The molecule has 1 aromatic carbocycles. The van der Waals surface area contributed by atoms with Crippen LogP contribution in [0.2, 0.25) is 5.02 Å². The van der Waals surface area contributed by atoms with Gasteiger partial charge in [0.05, 0.1) is 0 Å². The molecule has 1 rings (SSSR count). The summed E-state index contributed by atoms with van der Waals surface area (Å²) in [5.74, 6) is 1.18. The van der Waals surface area contributed by atoms with Gasteiger partial charge in [-0.25, -0.2) is 0 Å². The van der Waals surface area contributed by atoms with Crippen molar-refractivity contribution in [2.75, 3.05) is 26.2 Å². The Labute approximate surface area is 137 Å². The highest BCUT2D eigenvalue weighted by atomic mass is 35.5. The lowest BCUT2D eigenvalue weighted by Gasteiger charge is -2.12. The third-order valence-corrected chi connectivity index (χ3v) is 3.02. The largest absolute Gasteiger partial charge is 0.357 e. The van der Waals surface area contributed by atoms with Crippen molar-refractivity contribution >= 4 is 23.5 Å². The first-order valence-electron chi connectivity index (χ1n) is 7.59. The minimum absolute atomic E-state index is 0.109. The van der Waals surface area contributed by atoms with Gasteiger partial charge in [-0.3, -0.25) is 9.79 Å². The molecule has 0 atom stereocenters. The van der Waals surface area contributed by atoms with Gasteiger partial charge in [-0.2, -0.15) is 0 Å². The summed E-state index contributed by atoms with van der Waals surface area (Å²) in [5.41, 5.74) is 0.602. The van der Waals surface area contributed by atoms with Gasteiger partial charge in [0.25, 0.3) is 5.91 Å². The van der Waals surface area contributed by atoms with Crippen LogP contribution in [0.5, 0.6) is 0 Å². The first kappa shape index (κ1) is 18.3. The van der Waals surface area contributed by atoms with E-state index >= 15 is 0 Å². The molecule has 5 nitrogen and oxygen atoms in total. The van der Waals surface area contributed by atoms with Crippen LogP contribution in [0.3, 0.4) is 0 Å². The van der Waals surface area contributed by atoms with E-state index in [1.165, 1.54) is 0 Å². The molecule has 0 heterocycles. The fourth-order valence-corrected chi connectivity index (χ4v) is 1.80. The van der Waals surface area contributed by atoms with E-state index in [0.29, 0.717) is 29.6 Å². The normalized spacial score (nSPS) is 11.4. The first-order chi connectivity index (χ1) is 10.5. The summed E-state index contributed by atoms with van der Waals surface area (Å²) in [4.78, 5) is 16.4. The molecule has 0 saturated carbocycles. The molecule has 1 aromatic rings. The SMILES string of the molecule is CCNC(=NCC(C)C)NCCNC(=O)c1ccc(Cl)cc1. The lowest BCUT2D eigenvalue weighted by Crippen LogP contribution is -2.41. The van der Waals surface area contributed by atoms with E-state index in [1.54, 1.807) is 24.3 Å². The highest BCUT2D eigenvalue weighted by Gasteiger charge is 2.04. The minimum Gasteiger partial charge on any atom is -0.357 e. The second-order valence-electron chi connectivity index (χ2n) is 5.30. The van der Waals surface area contributed by atoms with E-state index < -0.39 is 0 Å². The van der Waals surface area contributed by atoms with Crippen LogP contribution in [-0.2, 0) is 0 Å². The number of benzene rings is 1. The van der Waals surface area contributed by atoms with Gasteiger partial charge in [0.1, 0.15) is 0 Å². The zero-order valence-corrected chi connectivity index (χ0v) is 14.2. The van der Waals surface area contributed by atoms with E-state index in [-0.39, 0.29) is 5.91 Å². The van der Waals surface area contributed by atoms with Crippen molar-refractivity contribution in [1.82, 2.24) is 16.0 Å². The standard InChI is InChI=1S/C16H25ClN4O/c1-4-18-16(21-11-12(2)3)20-10-9-19-15(22)13-5-7-14(17)8-6-13/h5-8,12H,4,9-11H2,1-3H3,(H,19,22)(H2,18,20,21). The zero-order chi connectivity index (χ0) is 16.4. The molecule has 0 fully saturated rings. The fraction of sp³-hybridized carbons (Fsp3) is 0.500. The monoisotopic (exact) mass is 324 g/mol. The molecule has 0 spiro atoms. The Bertz CT molecular complexity index is 485. The highest BCUT2D eigenvalue weighted by Crippen LogP contribution is 2.09. The molecule has 0 bridgehead atoms. The van der Waals surface area contributed by atoms with E-state index in [2.05, 4.69) is 34.8 Å². The number of guanidine groups is 1. The van der Waals surface area contributed by atoms with Crippen molar-refractivity contribution < 1.29 is 4.79 Å². The lowest BCUT2D eigenvalue weighted by molar-refractivity contribution is 0.0954. The van der Waals surface area contributed by atoms with Gasteiger partial charge < -0.3 is 16.0 Å². The number of aliphatic imine (C=N–C) groups is 1. The van der Waals surface area contributed by atoms with Gasteiger partial charge >= 0.3 is 0 Å². The minimum atomic E-state index is -0.109. The Kier molecular flexibility index (Phi) is 8.36. The summed E-state index contributed by atoms with van der Waals surface area (Å²) in [6, 6.07) is 6.83. The highest BCUT2D eigenvalue weighted by molar-refractivity contribution is 6.30. The molecule has 22 heavy (non-hydrogen) atoms. The maximum Gasteiger partial charge on any atom is 0.251 e. The molecule has 0 aliphatic rings. The predicted molar refractivity (Wildman–Crippen MR) is 92.6 cm³/mol. The number of rotatable bonds is 7. The summed E-state index contributed by atoms with van der Waals surface area (Å²) < 4.78 is 0. The van der Waals surface area contributed by atoms with Gasteiger partial charge in [0, 0.05) is 36.8 Å². The molecule has 6 heteroatoms. The molecular weight excluding hydrogens is 300 g/mol. The van der Waals surface area contributed by atoms with E-state index in [4.69, 9.17) is 11.6 Å². The number of halogens is 1. The summed E-state index contributed by atoms with van der Waals surface area (Å²) in [6.07, 6.45) is 0. The van der Waals surface area contributed by atoms with Gasteiger partial charge in [0.15, 0.2) is 5.96 Å². The van der Waals surface area contributed by atoms with Crippen molar-refractivity contribution in [1.29, 1.82) is 0 Å². The number of amides is 1. The first-order valence-corrected chi connectivity index (χ1v) is 7.96. The van der Waals surface area contributed by atoms with Crippen molar-refractivity contribution in [2.24, 2.45) is 10.9 Å². The molecular formula is C16H25ClN4O. The smallest absolute Gasteiger partial charge is 0.251 e. The van der Waals surface area contributed by atoms with E-state index in [9.17, 15) is 4.79 Å². The summed E-state index contributed by atoms with van der Waals surface area (Å²) in [5, 5.41) is 9.84. The quantitative estimate of drug-likeness (QED) is 0.409. The number of hydrogen-bond donors (Lipinski definition) is 3. The Balaban J connectivity index is 2.34. The molecule has 0 unspecified atom stereocenters. The summed E-state index contributed by atoms with van der Waals surface area (Å²) >= 11 is 5.80. The third-order valence-electron chi connectivity index (χ3n) is 2.77. The topological polar surface area (TPSA) is 65.5 Å². The maximum atomic E-state index is 11.9. The van der Waals surface area contributed by atoms with Gasteiger partial charge in [-0.05, 0) is 37.1 Å². The molecule has 1 amide bonds. The van der Waals surface area contributed by atoms with Gasteiger partial charge in [0.2, 0.25) is 0 Å². The Morgan fingerprint density at radius 1 is 1.14 bits per heavy atom. The molecule has 0 aliphatic heterocycles.